The summed E-state index contributed by atoms with van der Waals surface area (Å²) in [5, 5.41) is 0. The van der Waals surface area contributed by atoms with Gasteiger partial charge in [0.2, 0.25) is 5.91 Å². The van der Waals surface area contributed by atoms with Crippen LogP contribution in [0.1, 0.15) is 33.6 Å². The van der Waals surface area contributed by atoms with E-state index in [9.17, 15) is 4.79 Å². The fourth-order valence-corrected chi connectivity index (χ4v) is 2.22. The molecule has 0 aromatic carbocycles. The second-order valence-corrected chi connectivity index (χ2v) is 4.56. The molecule has 1 fully saturated rings. The number of likely N-dealkylation sites (tertiary alicyclic amines) is 1. The van der Waals surface area contributed by atoms with Crippen molar-refractivity contribution in [3.63, 3.8) is 0 Å². The average Bonchev–Trinajstić information content (AvgIpc) is 2.11. The first-order valence-corrected chi connectivity index (χ1v) is 5.59. The van der Waals surface area contributed by atoms with Gasteiger partial charge in [-0.2, -0.15) is 0 Å². The summed E-state index contributed by atoms with van der Waals surface area (Å²) in [4.78, 5) is 13.4. The summed E-state index contributed by atoms with van der Waals surface area (Å²) in [6, 6.07) is -0.0510. The molecule has 3 unspecified atom stereocenters. The second-order valence-electron chi connectivity index (χ2n) is 4.56. The van der Waals surface area contributed by atoms with E-state index in [-0.39, 0.29) is 11.9 Å². The van der Waals surface area contributed by atoms with Gasteiger partial charge in [-0.25, -0.2) is 0 Å². The molecular formula is C11H22N2O. The molecule has 1 aliphatic rings. The first-order valence-electron chi connectivity index (χ1n) is 5.59. The zero-order valence-corrected chi connectivity index (χ0v) is 9.49. The number of nitrogens with two attached hydrogens (primary N) is 1. The Balaban J connectivity index is 2.56. The summed E-state index contributed by atoms with van der Waals surface area (Å²) in [6.45, 7) is 8.60. The van der Waals surface area contributed by atoms with E-state index < -0.39 is 0 Å². The maximum atomic E-state index is 11.2. The molecule has 3 nitrogen and oxygen atoms in total. The summed E-state index contributed by atoms with van der Waals surface area (Å²) in [7, 11) is 0. The van der Waals surface area contributed by atoms with Crippen LogP contribution in [0.15, 0.2) is 0 Å². The molecule has 0 spiro atoms. The van der Waals surface area contributed by atoms with E-state index in [1.54, 1.807) is 0 Å². The van der Waals surface area contributed by atoms with Gasteiger partial charge in [0.05, 0.1) is 6.04 Å². The van der Waals surface area contributed by atoms with Gasteiger partial charge < -0.3 is 5.73 Å². The molecule has 1 rings (SSSR count). The summed E-state index contributed by atoms with van der Waals surface area (Å²) >= 11 is 0. The van der Waals surface area contributed by atoms with Crippen LogP contribution in [0.3, 0.4) is 0 Å². The minimum absolute atomic E-state index is 0.0510. The zero-order chi connectivity index (χ0) is 10.7. The monoisotopic (exact) mass is 198 g/mol. The van der Waals surface area contributed by atoms with Crippen LogP contribution in [-0.2, 0) is 4.79 Å². The number of nitrogens with zero attached hydrogens (tertiary/aromatic N) is 1. The fraction of sp³-hybridized carbons (Fsp3) is 0.909. The highest BCUT2D eigenvalue weighted by Gasteiger charge is 2.29. The van der Waals surface area contributed by atoms with E-state index in [4.69, 9.17) is 5.73 Å². The molecule has 1 amide bonds. The Hall–Kier alpha value is -0.570. The smallest absolute Gasteiger partial charge is 0.234 e. The van der Waals surface area contributed by atoms with Crippen molar-refractivity contribution in [2.45, 2.75) is 39.7 Å². The first kappa shape index (κ1) is 11.5. The van der Waals surface area contributed by atoms with E-state index in [0.717, 1.165) is 25.4 Å². The van der Waals surface area contributed by atoms with Crippen LogP contribution in [0.4, 0.5) is 0 Å². The van der Waals surface area contributed by atoms with E-state index >= 15 is 0 Å². The van der Waals surface area contributed by atoms with E-state index in [2.05, 4.69) is 18.7 Å². The Kier molecular flexibility index (Phi) is 3.93. The fourth-order valence-electron chi connectivity index (χ4n) is 2.22. The van der Waals surface area contributed by atoms with Crippen molar-refractivity contribution in [2.24, 2.45) is 17.6 Å². The highest BCUT2D eigenvalue weighted by Crippen LogP contribution is 2.24. The maximum absolute atomic E-state index is 11.2. The van der Waals surface area contributed by atoms with Crippen LogP contribution in [-0.4, -0.2) is 29.9 Å². The van der Waals surface area contributed by atoms with Gasteiger partial charge in [0.1, 0.15) is 0 Å². The summed E-state index contributed by atoms with van der Waals surface area (Å²) in [5.74, 6) is 1.28. The molecule has 0 radical (unpaired) electrons. The predicted octanol–water partition coefficient (Wildman–Crippen LogP) is 1.23. The van der Waals surface area contributed by atoms with Crippen molar-refractivity contribution >= 4 is 5.91 Å². The lowest BCUT2D eigenvalue weighted by Gasteiger charge is -2.38. The highest BCUT2D eigenvalue weighted by atomic mass is 16.1. The van der Waals surface area contributed by atoms with Gasteiger partial charge in [-0.15, -0.1) is 0 Å². The van der Waals surface area contributed by atoms with Gasteiger partial charge in [0, 0.05) is 6.54 Å². The third-order valence-electron chi connectivity index (χ3n) is 3.52. The lowest BCUT2D eigenvalue weighted by molar-refractivity contribution is -0.124. The SMILES string of the molecule is CCC(C(N)=O)N1CCC(C)C(C)C1. The van der Waals surface area contributed by atoms with Gasteiger partial charge >= 0.3 is 0 Å². The molecule has 0 bridgehead atoms. The second kappa shape index (κ2) is 4.78. The van der Waals surface area contributed by atoms with Crippen molar-refractivity contribution in [3.05, 3.63) is 0 Å². The Labute approximate surface area is 86.6 Å². The number of rotatable bonds is 3. The Morgan fingerprint density at radius 2 is 2.14 bits per heavy atom. The van der Waals surface area contributed by atoms with Crippen molar-refractivity contribution < 1.29 is 4.79 Å². The van der Waals surface area contributed by atoms with Crippen molar-refractivity contribution in [3.8, 4) is 0 Å². The quantitative estimate of drug-likeness (QED) is 0.741. The van der Waals surface area contributed by atoms with E-state index in [0.29, 0.717) is 5.92 Å². The summed E-state index contributed by atoms with van der Waals surface area (Å²) < 4.78 is 0. The summed E-state index contributed by atoms with van der Waals surface area (Å²) in [5.41, 5.74) is 5.38. The van der Waals surface area contributed by atoms with Crippen molar-refractivity contribution in [2.75, 3.05) is 13.1 Å². The first-order chi connectivity index (χ1) is 6.56. The number of hydrogen-bond acceptors (Lipinski definition) is 2. The number of carbonyl (C=O) groups is 1. The average molecular weight is 198 g/mol. The third-order valence-corrected chi connectivity index (χ3v) is 3.52. The van der Waals surface area contributed by atoms with Crippen LogP contribution < -0.4 is 5.73 Å². The van der Waals surface area contributed by atoms with Gasteiger partial charge in [0.15, 0.2) is 0 Å². The Bertz CT molecular complexity index is 205. The topological polar surface area (TPSA) is 46.3 Å². The van der Waals surface area contributed by atoms with Gasteiger partial charge in [-0.05, 0) is 31.2 Å². The minimum atomic E-state index is -0.172. The number of carbonyl (C=O) groups excluding carboxylic acids is 1. The molecule has 0 saturated carbocycles. The third kappa shape index (κ3) is 2.47. The molecule has 82 valence electrons. The molecule has 3 heteroatoms. The number of primary amides is 1. The number of amides is 1. The highest BCUT2D eigenvalue weighted by molar-refractivity contribution is 5.79. The molecule has 0 aromatic heterocycles. The van der Waals surface area contributed by atoms with Crippen LogP contribution in [0.25, 0.3) is 0 Å². The molecule has 2 N–H and O–H groups in total. The van der Waals surface area contributed by atoms with Gasteiger partial charge in [-0.3, -0.25) is 9.69 Å². The van der Waals surface area contributed by atoms with Crippen LogP contribution in [0, 0.1) is 11.8 Å². The van der Waals surface area contributed by atoms with E-state index in [1.807, 2.05) is 6.92 Å². The molecule has 14 heavy (non-hydrogen) atoms. The van der Waals surface area contributed by atoms with Crippen molar-refractivity contribution in [1.82, 2.24) is 4.90 Å². The number of piperidine rings is 1. The van der Waals surface area contributed by atoms with Gasteiger partial charge in [-0.1, -0.05) is 20.8 Å². The minimum Gasteiger partial charge on any atom is -0.368 e. The molecule has 3 atom stereocenters. The molecule has 1 saturated heterocycles. The maximum Gasteiger partial charge on any atom is 0.234 e. The molecule has 0 aromatic rings. The van der Waals surface area contributed by atoms with Crippen molar-refractivity contribution in [1.29, 1.82) is 0 Å². The van der Waals surface area contributed by atoms with Crippen LogP contribution in [0.5, 0.6) is 0 Å². The van der Waals surface area contributed by atoms with Crippen LogP contribution >= 0.6 is 0 Å². The lowest BCUT2D eigenvalue weighted by atomic mass is 9.87. The zero-order valence-electron chi connectivity index (χ0n) is 9.49. The van der Waals surface area contributed by atoms with Crippen LogP contribution in [0.2, 0.25) is 0 Å². The van der Waals surface area contributed by atoms with Gasteiger partial charge in [0.25, 0.3) is 0 Å². The lowest BCUT2D eigenvalue weighted by Crippen LogP contribution is -2.50. The molecule has 1 heterocycles. The molecule has 1 aliphatic heterocycles. The number of hydrogen-bond donors (Lipinski definition) is 1. The molecule has 0 aliphatic carbocycles. The summed E-state index contributed by atoms with van der Waals surface area (Å²) in [6.07, 6.45) is 2.02. The standard InChI is InChI=1S/C11H22N2O/c1-4-10(11(12)14)13-6-5-8(2)9(3)7-13/h8-10H,4-7H2,1-3H3,(H2,12,14). The largest absolute Gasteiger partial charge is 0.368 e. The Morgan fingerprint density at radius 3 is 2.57 bits per heavy atom. The van der Waals surface area contributed by atoms with E-state index in [1.165, 1.54) is 6.42 Å². The molecular weight excluding hydrogens is 176 g/mol. The predicted molar refractivity (Wildman–Crippen MR) is 57.8 cm³/mol. The Morgan fingerprint density at radius 1 is 1.50 bits per heavy atom. The normalized spacial score (nSPS) is 31.4.